The second-order valence-electron chi connectivity index (χ2n) is 13.8. The Morgan fingerprint density at radius 2 is 1.84 bits per heavy atom. The van der Waals surface area contributed by atoms with E-state index in [1.54, 1.807) is 19.3 Å². The number of nitrogens with one attached hydrogen (secondary N) is 3. The van der Waals surface area contributed by atoms with Crippen molar-refractivity contribution in [2.24, 2.45) is 17.9 Å². The van der Waals surface area contributed by atoms with Crippen LogP contribution in [0.4, 0.5) is 5.69 Å². The highest BCUT2D eigenvalue weighted by atomic mass is 16.5. The number of para-hydroxylation sites is 1. The zero-order valence-electron chi connectivity index (χ0n) is 25.9. The van der Waals surface area contributed by atoms with Crippen LogP contribution >= 0.6 is 0 Å². The van der Waals surface area contributed by atoms with Crippen LogP contribution in [-0.4, -0.2) is 59.9 Å². The van der Waals surface area contributed by atoms with Crippen LogP contribution in [0.2, 0.25) is 0 Å². The molecule has 3 atom stereocenters. The molecule has 3 heterocycles. The number of anilines is 1. The minimum atomic E-state index is -0.876. The normalized spacial score (nSPS) is 24.4. The molecule has 0 bridgehead atoms. The van der Waals surface area contributed by atoms with Gasteiger partial charge in [0.05, 0.1) is 18.6 Å². The molecule has 1 aromatic heterocycles. The summed E-state index contributed by atoms with van der Waals surface area (Å²) in [5.74, 6) is -0.278. The van der Waals surface area contributed by atoms with E-state index >= 15 is 0 Å². The van der Waals surface area contributed by atoms with Crippen molar-refractivity contribution in [2.75, 3.05) is 31.7 Å². The number of fused-ring (bicyclic) bond motifs is 1. The zero-order chi connectivity index (χ0) is 31.2. The number of hydrogen-bond donors (Lipinski definition) is 3. The Hall–Kier alpha value is -4.18. The summed E-state index contributed by atoms with van der Waals surface area (Å²) in [6, 6.07) is 16.0. The van der Waals surface area contributed by atoms with Gasteiger partial charge in [-0.05, 0) is 67.3 Å². The predicted molar refractivity (Wildman–Crippen MR) is 168 cm³/mol. The number of nitrogens with zero attached hydrogens (tertiary/aromatic N) is 2. The van der Waals surface area contributed by atoms with Crippen molar-refractivity contribution >= 4 is 23.4 Å². The van der Waals surface area contributed by atoms with Crippen molar-refractivity contribution in [3.8, 4) is 5.75 Å². The molecule has 3 amide bonds. The summed E-state index contributed by atoms with van der Waals surface area (Å²) < 4.78 is 13.4. The van der Waals surface area contributed by atoms with E-state index in [2.05, 4.69) is 28.0 Å². The lowest BCUT2D eigenvalue weighted by atomic mass is 9.70. The van der Waals surface area contributed by atoms with Gasteiger partial charge in [-0.15, -0.1) is 0 Å². The van der Waals surface area contributed by atoms with E-state index in [4.69, 9.17) is 9.47 Å². The third kappa shape index (κ3) is 5.39. The first-order valence-corrected chi connectivity index (χ1v) is 16.0. The number of benzene rings is 2. The minimum Gasteiger partial charge on any atom is -0.493 e. The summed E-state index contributed by atoms with van der Waals surface area (Å²) >= 11 is 0. The fourth-order valence-corrected chi connectivity index (χ4v) is 7.41. The van der Waals surface area contributed by atoms with E-state index in [1.165, 1.54) is 11.1 Å². The van der Waals surface area contributed by atoms with Crippen molar-refractivity contribution in [3.05, 3.63) is 77.6 Å². The Labute approximate surface area is 263 Å². The van der Waals surface area contributed by atoms with E-state index in [1.807, 2.05) is 48.5 Å². The molecule has 2 aliphatic carbocycles. The second kappa shape index (κ2) is 11.3. The van der Waals surface area contributed by atoms with Crippen LogP contribution in [0.25, 0.3) is 0 Å². The Morgan fingerprint density at radius 1 is 1.02 bits per heavy atom. The van der Waals surface area contributed by atoms with Gasteiger partial charge in [-0.3, -0.25) is 19.1 Å². The van der Waals surface area contributed by atoms with Crippen LogP contribution < -0.4 is 20.7 Å². The number of carbonyl (C=O) groups excluding carboxylic acids is 3. The van der Waals surface area contributed by atoms with E-state index in [0.717, 1.165) is 42.6 Å². The van der Waals surface area contributed by atoms with Gasteiger partial charge in [0.1, 0.15) is 17.5 Å². The summed E-state index contributed by atoms with van der Waals surface area (Å²) in [6.45, 7) is 4.14. The maximum Gasteiger partial charge on any atom is 0.270 e. The molecule has 3 fully saturated rings. The minimum absolute atomic E-state index is 0.0348. The van der Waals surface area contributed by atoms with Crippen molar-refractivity contribution in [3.63, 3.8) is 0 Å². The van der Waals surface area contributed by atoms with Gasteiger partial charge >= 0.3 is 0 Å². The van der Waals surface area contributed by atoms with Gasteiger partial charge in [0.15, 0.2) is 0 Å². The molecule has 3 aromatic rings. The third-order valence-corrected chi connectivity index (χ3v) is 10.7. The topological polar surface area (TPSA) is 124 Å². The van der Waals surface area contributed by atoms with Gasteiger partial charge in [-0.1, -0.05) is 43.7 Å². The third-order valence-electron chi connectivity index (χ3n) is 10.7. The highest BCUT2D eigenvalue weighted by molar-refractivity contribution is 6.01. The van der Waals surface area contributed by atoms with Crippen molar-refractivity contribution in [2.45, 2.75) is 62.8 Å². The lowest BCUT2D eigenvalue weighted by Gasteiger charge is -2.39. The zero-order valence-corrected chi connectivity index (χ0v) is 25.9. The lowest BCUT2D eigenvalue weighted by molar-refractivity contribution is -0.127. The van der Waals surface area contributed by atoms with Crippen molar-refractivity contribution in [1.82, 2.24) is 20.4 Å². The SMILES string of the molecule is Cn1nccc1C(=O)NC(C(=O)Nc1cccc(C2(C(=O)NCC3(C)CCC3)CCOC2)c1)C1c2ccccc2OCC12CC2. The number of hydrogen-bond acceptors (Lipinski definition) is 6. The predicted octanol–water partition coefficient (Wildman–Crippen LogP) is 4.08. The van der Waals surface area contributed by atoms with Crippen LogP contribution in [-0.2, 0) is 26.8 Å². The van der Waals surface area contributed by atoms with Crippen molar-refractivity contribution < 1.29 is 23.9 Å². The molecule has 2 saturated carbocycles. The van der Waals surface area contributed by atoms with Gasteiger partial charge in [-0.2, -0.15) is 5.10 Å². The molecule has 0 radical (unpaired) electrons. The van der Waals surface area contributed by atoms with E-state index in [9.17, 15) is 14.4 Å². The molecule has 45 heavy (non-hydrogen) atoms. The fourth-order valence-electron chi connectivity index (χ4n) is 7.41. The summed E-state index contributed by atoms with van der Waals surface area (Å²) in [6.07, 6.45) is 7.38. The number of carbonyl (C=O) groups is 3. The molecule has 10 nitrogen and oxygen atoms in total. The van der Waals surface area contributed by atoms with Gasteiger partial charge in [0, 0.05) is 49.0 Å². The Bertz CT molecular complexity index is 1620. The van der Waals surface area contributed by atoms with E-state index < -0.39 is 11.5 Å². The molecular weight excluding hydrogens is 570 g/mol. The molecular formula is C35H41N5O5. The first-order chi connectivity index (χ1) is 21.7. The number of aromatic nitrogens is 2. The maximum absolute atomic E-state index is 14.3. The molecule has 3 unspecified atom stereocenters. The van der Waals surface area contributed by atoms with E-state index in [0.29, 0.717) is 37.6 Å². The first kappa shape index (κ1) is 29.5. The lowest BCUT2D eigenvalue weighted by Crippen LogP contribution is -2.52. The fraction of sp³-hybridized carbons (Fsp3) is 0.486. The number of ether oxygens (including phenoxy) is 2. The van der Waals surface area contributed by atoms with Gasteiger partial charge in [0.2, 0.25) is 11.8 Å². The smallest absolute Gasteiger partial charge is 0.270 e. The monoisotopic (exact) mass is 611 g/mol. The molecule has 1 spiro atoms. The molecule has 4 aliphatic rings. The van der Waals surface area contributed by atoms with Crippen LogP contribution in [0.1, 0.15) is 73.0 Å². The molecule has 7 rings (SSSR count). The van der Waals surface area contributed by atoms with Crippen molar-refractivity contribution in [1.29, 1.82) is 0 Å². The van der Waals surface area contributed by atoms with Crippen LogP contribution in [0.15, 0.2) is 60.8 Å². The Balaban J connectivity index is 1.18. The quantitative estimate of drug-likeness (QED) is 0.335. The largest absolute Gasteiger partial charge is 0.493 e. The van der Waals surface area contributed by atoms with Gasteiger partial charge in [0.25, 0.3) is 5.91 Å². The van der Waals surface area contributed by atoms with Gasteiger partial charge in [-0.25, -0.2) is 0 Å². The molecule has 2 aliphatic heterocycles. The molecule has 2 aromatic carbocycles. The standard InChI is InChI=1S/C35H41N5O5/c1-33(12-6-13-33)20-36-32(43)35(16-18-44-22-35)23-7-5-8-24(19-23)38-31(42)29(39-30(41)26-11-17-37-40(26)2)28-25-9-3-4-10-27(25)45-21-34(28)14-15-34/h3-5,7-11,17,19,28-29H,6,12-16,18,20-22H2,1-2H3,(H,36,43)(H,38,42)(H,39,41). The van der Waals surface area contributed by atoms with Crippen LogP contribution in [0, 0.1) is 10.8 Å². The molecule has 10 heteroatoms. The second-order valence-corrected chi connectivity index (χ2v) is 13.8. The summed E-state index contributed by atoms with van der Waals surface area (Å²) in [4.78, 5) is 41.6. The highest BCUT2D eigenvalue weighted by Crippen LogP contribution is 2.61. The van der Waals surface area contributed by atoms with Crippen LogP contribution in [0.3, 0.4) is 0 Å². The molecule has 1 saturated heterocycles. The highest BCUT2D eigenvalue weighted by Gasteiger charge is 2.58. The summed E-state index contributed by atoms with van der Waals surface area (Å²) in [7, 11) is 1.70. The Kier molecular flexibility index (Phi) is 7.43. The average Bonchev–Trinajstić information content (AvgIpc) is 3.39. The number of amides is 3. The number of aryl methyl sites for hydroxylation is 1. The number of rotatable bonds is 9. The Morgan fingerprint density at radius 3 is 2.53 bits per heavy atom. The van der Waals surface area contributed by atoms with E-state index in [-0.39, 0.29) is 41.1 Å². The van der Waals surface area contributed by atoms with Gasteiger partial charge < -0.3 is 25.4 Å². The van der Waals surface area contributed by atoms with Crippen LogP contribution in [0.5, 0.6) is 5.75 Å². The molecule has 3 N–H and O–H groups in total. The molecule has 236 valence electrons. The first-order valence-electron chi connectivity index (χ1n) is 16.0. The summed E-state index contributed by atoms with van der Waals surface area (Å²) in [5.41, 5.74) is 1.74. The summed E-state index contributed by atoms with van der Waals surface area (Å²) in [5, 5.41) is 13.5. The maximum atomic E-state index is 14.3. The average molecular weight is 612 g/mol.